The van der Waals surface area contributed by atoms with Gasteiger partial charge >= 0.3 is 0 Å². The van der Waals surface area contributed by atoms with Crippen LogP contribution in [0.4, 0.5) is 11.4 Å². The molecule has 152 valence electrons. The van der Waals surface area contributed by atoms with Crippen LogP contribution in [0.3, 0.4) is 0 Å². The highest BCUT2D eigenvalue weighted by Crippen LogP contribution is 2.27. The summed E-state index contributed by atoms with van der Waals surface area (Å²) in [5.41, 5.74) is 2.40. The summed E-state index contributed by atoms with van der Waals surface area (Å²) in [5, 5.41) is 5.63. The molecule has 1 aliphatic heterocycles. The minimum absolute atomic E-state index is 0.0970. The third-order valence-electron chi connectivity index (χ3n) is 4.85. The molecule has 0 radical (unpaired) electrons. The number of hydrogen-bond acceptors (Lipinski definition) is 4. The van der Waals surface area contributed by atoms with Gasteiger partial charge in [-0.1, -0.05) is 18.2 Å². The topological polar surface area (TPSA) is 87.7 Å². The van der Waals surface area contributed by atoms with E-state index in [0.717, 1.165) is 11.3 Å². The molecule has 7 nitrogen and oxygen atoms in total. The van der Waals surface area contributed by atoms with Gasteiger partial charge in [0.1, 0.15) is 5.75 Å². The lowest BCUT2D eigenvalue weighted by Crippen LogP contribution is -2.34. The van der Waals surface area contributed by atoms with Gasteiger partial charge in [-0.15, -0.1) is 0 Å². The van der Waals surface area contributed by atoms with E-state index < -0.39 is 0 Å². The summed E-state index contributed by atoms with van der Waals surface area (Å²) < 4.78 is 5.14. The summed E-state index contributed by atoms with van der Waals surface area (Å²) in [6, 6.07) is 14.8. The van der Waals surface area contributed by atoms with Crippen LogP contribution in [-0.4, -0.2) is 37.9 Å². The zero-order valence-electron chi connectivity index (χ0n) is 16.6. The Morgan fingerprint density at radius 3 is 2.62 bits per heavy atom. The molecule has 0 saturated carbocycles. The Balaban J connectivity index is 1.53. The highest BCUT2D eigenvalue weighted by atomic mass is 16.5. The summed E-state index contributed by atoms with van der Waals surface area (Å²) in [6.45, 7) is 2.27. The van der Waals surface area contributed by atoms with Gasteiger partial charge in [0.05, 0.1) is 13.0 Å². The van der Waals surface area contributed by atoms with Gasteiger partial charge < -0.3 is 20.3 Å². The number of benzene rings is 2. The van der Waals surface area contributed by atoms with Crippen molar-refractivity contribution in [3.8, 4) is 5.75 Å². The van der Waals surface area contributed by atoms with Gasteiger partial charge in [-0.25, -0.2) is 0 Å². The maximum atomic E-state index is 12.5. The molecule has 3 amide bonds. The SMILES string of the molecule is COc1ccc(CCNC(=O)C2CC(=O)N(c3cccc(NC(C)=O)c3)C2)cc1. The quantitative estimate of drug-likeness (QED) is 0.753. The number of amides is 3. The van der Waals surface area contributed by atoms with Crippen LogP contribution >= 0.6 is 0 Å². The van der Waals surface area contributed by atoms with E-state index in [1.807, 2.05) is 24.3 Å². The van der Waals surface area contributed by atoms with Crippen LogP contribution in [0.5, 0.6) is 5.75 Å². The van der Waals surface area contributed by atoms with E-state index in [0.29, 0.717) is 30.9 Å². The van der Waals surface area contributed by atoms with E-state index in [4.69, 9.17) is 4.74 Å². The first-order chi connectivity index (χ1) is 14.0. The van der Waals surface area contributed by atoms with Crippen LogP contribution in [-0.2, 0) is 20.8 Å². The molecule has 1 fully saturated rings. The van der Waals surface area contributed by atoms with Crippen molar-refractivity contribution in [1.82, 2.24) is 5.32 Å². The highest BCUT2D eigenvalue weighted by Gasteiger charge is 2.35. The van der Waals surface area contributed by atoms with Gasteiger partial charge in [-0.2, -0.15) is 0 Å². The van der Waals surface area contributed by atoms with Crippen LogP contribution in [0.1, 0.15) is 18.9 Å². The Labute approximate surface area is 170 Å². The maximum Gasteiger partial charge on any atom is 0.227 e. The number of rotatable bonds is 7. The van der Waals surface area contributed by atoms with Gasteiger partial charge in [0, 0.05) is 37.8 Å². The summed E-state index contributed by atoms with van der Waals surface area (Å²) in [5.74, 6) is 0.0179. The Morgan fingerprint density at radius 1 is 1.17 bits per heavy atom. The molecular formula is C22H25N3O4. The Bertz CT molecular complexity index is 895. The molecule has 3 rings (SSSR count). The normalized spacial score (nSPS) is 15.9. The van der Waals surface area contributed by atoms with Gasteiger partial charge in [-0.05, 0) is 42.3 Å². The van der Waals surface area contributed by atoms with Gasteiger partial charge in [0.25, 0.3) is 0 Å². The molecule has 0 aliphatic carbocycles. The average molecular weight is 395 g/mol. The van der Waals surface area contributed by atoms with Crippen LogP contribution in [0.25, 0.3) is 0 Å². The summed E-state index contributed by atoms with van der Waals surface area (Å²) >= 11 is 0. The molecule has 1 saturated heterocycles. The van der Waals surface area contributed by atoms with Crippen molar-refractivity contribution in [2.24, 2.45) is 5.92 Å². The third-order valence-corrected chi connectivity index (χ3v) is 4.85. The number of nitrogens with zero attached hydrogens (tertiary/aromatic N) is 1. The van der Waals surface area contributed by atoms with Crippen molar-refractivity contribution >= 4 is 29.1 Å². The first kappa shape index (κ1) is 20.4. The summed E-state index contributed by atoms with van der Waals surface area (Å²) in [6.07, 6.45) is 0.887. The van der Waals surface area contributed by atoms with Crippen molar-refractivity contribution < 1.29 is 19.1 Å². The van der Waals surface area contributed by atoms with Gasteiger partial charge in [-0.3, -0.25) is 14.4 Å². The van der Waals surface area contributed by atoms with Crippen molar-refractivity contribution in [1.29, 1.82) is 0 Å². The van der Waals surface area contributed by atoms with Crippen molar-refractivity contribution in [2.45, 2.75) is 19.8 Å². The third kappa shape index (κ3) is 5.34. The summed E-state index contributed by atoms with van der Waals surface area (Å²) in [7, 11) is 1.62. The first-order valence-electron chi connectivity index (χ1n) is 9.55. The molecule has 1 unspecified atom stereocenters. The predicted molar refractivity (Wildman–Crippen MR) is 111 cm³/mol. The standard InChI is InChI=1S/C22H25N3O4/c1-15(26)24-18-4-3-5-19(13-18)25-14-17(12-21(25)27)22(28)23-11-10-16-6-8-20(29-2)9-7-16/h3-9,13,17H,10-12,14H2,1-2H3,(H,23,28)(H,24,26). The average Bonchev–Trinajstić information content (AvgIpc) is 3.10. The highest BCUT2D eigenvalue weighted by molar-refractivity contribution is 6.01. The largest absolute Gasteiger partial charge is 0.497 e. The van der Waals surface area contributed by atoms with Crippen LogP contribution in [0.15, 0.2) is 48.5 Å². The van der Waals surface area contributed by atoms with Crippen molar-refractivity contribution in [2.75, 3.05) is 30.4 Å². The molecule has 0 aromatic heterocycles. The number of methoxy groups -OCH3 is 1. The van der Waals surface area contributed by atoms with E-state index in [1.54, 1.807) is 36.3 Å². The zero-order valence-corrected chi connectivity index (χ0v) is 16.6. The predicted octanol–water partition coefficient (Wildman–Crippen LogP) is 2.37. The first-order valence-corrected chi connectivity index (χ1v) is 9.55. The van der Waals surface area contributed by atoms with E-state index in [2.05, 4.69) is 10.6 Å². The minimum atomic E-state index is -0.386. The maximum absolute atomic E-state index is 12.5. The number of nitrogens with one attached hydrogen (secondary N) is 2. The molecule has 1 heterocycles. The van der Waals surface area contributed by atoms with E-state index >= 15 is 0 Å². The van der Waals surface area contributed by atoms with Gasteiger partial charge in [0.15, 0.2) is 0 Å². The smallest absolute Gasteiger partial charge is 0.227 e. The number of carbonyl (C=O) groups is 3. The van der Waals surface area contributed by atoms with Crippen LogP contribution < -0.4 is 20.3 Å². The second kappa shape index (κ2) is 9.23. The molecule has 2 aromatic rings. The van der Waals surface area contributed by atoms with Crippen molar-refractivity contribution in [3.63, 3.8) is 0 Å². The number of hydrogen-bond donors (Lipinski definition) is 2. The zero-order chi connectivity index (χ0) is 20.8. The second-order valence-electron chi connectivity index (χ2n) is 7.03. The fourth-order valence-corrected chi connectivity index (χ4v) is 3.35. The van der Waals surface area contributed by atoms with E-state index in [1.165, 1.54) is 6.92 Å². The lowest BCUT2D eigenvalue weighted by Gasteiger charge is -2.18. The van der Waals surface area contributed by atoms with E-state index in [-0.39, 0.29) is 30.1 Å². The molecule has 29 heavy (non-hydrogen) atoms. The number of anilines is 2. The number of carbonyl (C=O) groups excluding carboxylic acids is 3. The molecule has 1 aliphatic rings. The monoisotopic (exact) mass is 395 g/mol. The molecule has 7 heteroatoms. The fraction of sp³-hybridized carbons (Fsp3) is 0.318. The van der Waals surface area contributed by atoms with Crippen LogP contribution in [0, 0.1) is 5.92 Å². The van der Waals surface area contributed by atoms with Crippen LogP contribution in [0.2, 0.25) is 0 Å². The molecular weight excluding hydrogens is 370 g/mol. The lowest BCUT2D eigenvalue weighted by molar-refractivity contribution is -0.126. The Morgan fingerprint density at radius 2 is 1.93 bits per heavy atom. The Hall–Kier alpha value is -3.35. The Kier molecular flexibility index (Phi) is 6.49. The van der Waals surface area contributed by atoms with Gasteiger partial charge in [0.2, 0.25) is 17.7 Å². The molecule has 2 N–H and O–H groups in total. The minimum Gasteiger partial charge on any atom is -0.497 e. The lowest BCUT2D eigenvalue weighted by atomic mass is 10.1. The fourth-order valence-electron chi connectivity index (χ4n) is 3.35. The summed E-state index contributed by atoms with van der Waals surface area (Å²) in [4.78, 5) is 37.8. The number of ether oxygens (including phenoxy) is 1. The molecule has 2 aromatic carbocycles. The van der Waals surface area contributed by atoms with E-state index in [9.17, 15) is 14.4 Å². The molecule has 0 spiro atoms. The second-order valence-corrected chi connectivity index (χ2v) is 7.03. The molecule has 0 bridgehead atoms. The van der Waals surface area contributed by atoms with Crippen molar-refractivity contribution in [3.05, 3.63) is 54.1 Å². The molecule has 1 atom stereocenters.